The van der Waals surface area contributed by atoms with Crippen LogP contribution in [0.2, 0.25) is 0 Å². The highest BCUT2D eigenvalue weighted by Crippen LogP contribution is 2.26. The van der Waals surface area contributed by atoms with Crippen LogP contribution in [0.5, 0.6) is 0 Å². The number of imidazole rings is 1. The zero-order chi connectivity index (χ0) is 25.5. The molecule has 0 unspecified atom stereocenters. The van der Waals surface area contributed by atoms with Crippen molar-refractivity contribution < 1.29 is 13.6 Å². The molecule has 4 aromatic rings. The van der Waals surface area contributed by atoms with Crippen molar-refractivity contribution in [2.45, 2.75) is 19.8 Å². The van der Waals surface area contributed by atoms with E-state index in [1.54, 1.807) is 48.6 Å². The summed E-state index contributed by atoms with van der Waals surface area (Å²) in [4.78, 5) is 21.5. The molecular weight excluding hydrogens is 482 g/mol. The number of aryl methyl sites for hydroxylation is 1. The van der Waals surface area contributed by atoms with Gasteiger partial charge in [-0.1, -0.05) is 24.3 Å². The van der Waals surface area contributed by atoms with Gasteiger partial charge in [0.2, 0.25) is 6.43 Å². The third-order valence-electron chi connectivity index (χ3n) is 5.60. The van der Waals surface area contributed by atoms with E-state index in [-0.39, 0.29) is 12.3 Å². The molecule has 1 amide bonds. The summed E-state index contributed by atoms with van der Waals surface area (Å²) in [7, 11) is 0. The Balaban J connectivity index is 1.48. The number of thioether (sulfide) groups is 1. The number of nitrogens with two attached hydrogens (primary N) is 1. The second-order valence-electron chi connectivity index (χ2n) is 8.22. The Morgan fingerprint density at radius 1 is 1.14 bits per heavy atom. The van der Waals surface area contributed by atoms with Gasteiger partial charge in [-0.25, -0.2) is 18.7 Å². The molecule has 0 aliphatic carbocycles. The van der Waals surface area contributed by atoms with E-state index in [9.17, 15) is 13.6 Å². The van der Waals surface area contributed by atoms with Gasteiger partial charge in [0.15, 0.2) is 11.5 Å². The number of hydrogen-bond donors (Lipinski definition) is 3. The SMILES string of the molecule is Cc1cc(Nc2nccn3c(-c4ccc(CC(F)F)cc4)cnc23)ccc1C(=O)NCCSCCN. The summed E-state index contributed by atoms with van der Waals surface area (Å²) in [5.74, 6) is 2.15. The number of rotatable bonds is 11. The van der Waals surface area contributed by atoms with Crippen LogP contribution in [-0.2, 0) is 6.42 Å². The maximum absolute atomic E-state index is 12.6. The van der Waals surface area contributed by atoms with E-state index < -0.39 is 6.43 Å². The van der Waals surface area contributed by atoms with Crippen molar-refractivity contribution in [1.29, 1.82) is 0 Å². The highest BCUT2D eigenvalue weighted by molar-refractivity contribution is 7.99. The Bertz CT molecular complexity index is 1330. The summed E-state index contributed by atoms with van der Waals surface area (Å²) in [6, 6.07) is 12.6. The number of alkyl halides is 2. The van der Waals surface area contributed by atoms with Gasteiger partial charge < -0.3 is 16.4 Å². The predicted octanol–water partition coefficient (Wildman–Crippen LogP) is 4.68. The fourth-order valence-corrected chi connectivity index (χ4v) is 4.48. The minimum atomic E-state index is -2.37. The molecule has 0 atom stereocenters. The van der Waals surface area contributed by atoms with Crippen LogP contribution in [0.15, 0.2) is 61.1 Å². The molecule has 0 radical (unpaired) electrons. The topological polar surface area (TPSA) is 97.3 Å². The van der Waals surface area contributed by atoms with Crippen molar-refractivity contribution in [2.75, 3.05) is 29.9 Å². The van der Waals surface area contributed by atoms with E-state index in [0.29, 0.717) is 35.7 Å². The fourth-order valence-electron chi connectivity index (χ4n) is 3.86. The number of halogens is 2. The van der Waals surface area contributed by atoms with E-state index in [4.69, 9.17) is 5.73 Å². The maximum Gasteiger partial charge on any atom is 0.251 e. The molecule has 0 aliphatic heterocycles. The molecule has 188 valence electrons. The zero-order valence-electron chi connectivity index (χ0n) is 19.9. The molecule has 2 aromatic heterocycles. The summed E-state index contributed by atoms with van der Waals surface area (Å²) in [6.07, 6.45) is 2.57. The summed E-state index contributed by atoms with van der Waals surface area (Å²) in [5, 5.41) is 6.23. The van der Waals surface area contributed by atoms with Crippen molar-refractivity contribution in [1.82, 2.24) is 19.7 Å². The van der Waals surface area contributed by atoms with Gasteiger partial charge in [0.1, 0.15) is 0 Å². The lowest BCUT2D eigenvalue weighted by Gasteiger charge is -2.11. The normalized spacial score (nSPS) is 11.2. The number of carbonyl (C=O) groups excluding carboxylic acids is 1. The van der Waals surface area contributed by atoms with Crippen molar-refractivity contribution in [3.05, 3.63) is 77.7 Å². The van der Waals surface area contributed by atoms with Crippen LogP contribution in [0, 0.1) is 6.92 Å². The third kappa shape index (κ3) is 6.19. The third-order valence-corrected chi connectivity index (χ3v) is 6.61. The Labute approximate surface area is 212 Å². The molecule has 4 rings (SSSR count). The molecule has 0 aliphatic rings. The molecular formula is C26H28F2N6OS. The van der Waals surface area contributed by atoms with Crippen molar-refractivity contribution >= 4 is 34.8 Å². The van der Waals surface area contributed by atoms with Crippen LogP contribution in [0.4, 0.5) is 20.3 Å². The Morgan fingerprint density at radius 3 is 2.67 bits per heavy atom. The lowest BCUT2D eigenvalue weighted by atomic mass is 10.1. The molecule has 2 heterocycles. The van der Waals surface area contributed by atoms with E-state index in [2.05, 4.69) is 20.6 Å². The molecule has 0 spiro atoms. The highest BCUT2D eigenvalue weighted by Gasteiger charge is 2.13. The number of amides is 1. The van der Waals surface area contributed by atoms with Crippen LogP contribution in [0.25, 0.3) is 16.9 Å². The van der Waals surface area contributed by atoms with E-state index in [1.165, 1.54) is 0 Å². The maximum atomic E-state index is 12.6. The predicted molar refractivity (Wildman–Crippen MR) is 141 cm³/mol. The van der Waals surface area contributed by atoms with Gasteiger partial charge >= 0.3 is 0 Å². The second-order valence-corrected chi connectivity index (χ2v) is 9.44. The lowest BCUT2D eigenvalue weighted by molar-refractivity contribution is 0.0955. The van der Waals surface area contributed by atoms with Crippen LogP contribution < -0.4 is 16.4 Å². The first-order chi connectivity index (χ1) is 17.5. The number of aromatic nitrogens is 3. The quantitative estimate of drug-likeness (QED) is 0.254. The first-order valence-electron chi connectivity index (χ1n) is 11.6. The Hall–Kier alpha value is -3.50. The molecule has 0 fully saturated rings. The Kier molecular flexibility index (Phi) is 8.50. The second kappa shape index (κ2) is 12.0. The van der Waals surface area contributed by atoms with Crippen molar-refractivity contribution in [3.63, 3.8) is 0 Å². The summed E-state index contributed by atoms with van der Waals surface area (Å²) in [6.45, 7) is 3.11. The number of nitrogens with one attached hydrogen (secondary N) is 2. The summed E-state index contributed by atoms with van der Waals surface area (Å²) < 4.78 is 27.2. The monoisotopic (exact) mass is 510 g/mol. The van der Waals surface area contributed by atoms with Gasteiger partial charge in [-0.15, -0.1) is 0 Å². The van der Waals surface area contributed by atoms with Gasteiger partial charge in [0, 0.05) is 60.2 Å². The van der Waals surface area contributed by atoms with Crippen LogP contribution in [-0.4, -0.2) is 51.3 Å². The highest BCUT2D eigenvalue weighted by atomic mass is 32.2. The average Bonchev–Trinajstić information content (AvgIpc) is 3.29. The summed E-state index contributed by atoms with van der Waals surface area (Å²) in [5.41, 5.74) is 10.6. The summed E-state index contributed by atoms with van der Waals surface area (Å²) >= 11 is 1.71. The number of fused-ring (bicyclic) bond motifs is 1. The standard InChI is InChI=1S/C26H28F2N6OS/c1-17-14-20(6-7-21(17)26(35)31-10-13-36-12-8-29)33-24-25-32-16-22(34(25)11-9-30-24)19-4-2-18(3-5-19)15-23(27)28/h2-7,9,11,14,16,23H,8,10,12-13,15,29H2,1H3,(H,30,33)(H,31,35). The first kappa shape index (κ1) is 25.6. The number of nitrogens with zero attached hydrogens (tertiary/aromatic N) is 3. The molecule has 2 aromatic carbocycles. The largest absolute Gasteiger partial charge is 0.351 e. The molecule has 4 N–H and O–H groups in total. The van der Waals surface area contributed by atoms with E-state index in [1.807, 2.05) is 35.6 Å². The molecule has 0 saturated carbocycles. The van der Waals surface area contributed by atoms with Gasteiger partial charge in [-0.2, -0.15) is 11.8 Å². The van der Waals surface area contributed by atoms with E-state index in [0.717, 1.165) is 34.0 Å². The van der Waals surface area contributed by atoms with Crippen LogP contribution >= 0.6 is 11.8 Å². The van der Waals surface area contributed by atoms with Gasteiger partial charge in [-0.05, 0) is 36.2 Å². The fraction of sp³-hybridized carbons (Fsp3) is 0.269. The average molecular weight is 511 g/mol. The van der Waals surface area contributed by atoms with E-state index >= 15 is 0 Å². The van der Waals surface area contributed by atoms with Gasteiger partial charge in [0.25, 0.3) is 5.91 Å². The number of carbonyl (C=O) groups is 1. The molecule has 0 bridgehead atoms. The van der Waals surface area contributed by atoms with Gasteiger partial charge in [-0.3, -0.25) is 9.20 Å². The van der Waals surface area contributed by atoms with Crippen molar-refractivity contribution in [2.24, 2.45) is 5.73 Å². The minimum absolute atomic E-state index is 0.106. The molecule has 36 heavy (non-hydrogen) atoms. The molecule has 0 saturated heterocycles. The number of hydrogen-bond acceptors (Lipinski definition) is 6. The molecule has 7 nitrogen and oxygen atoms in total. The van der Waals surface area contributed by atoms with Crippen molar-refractivity contribution in [3.8, 4) is 11.3 Å². The van der Waals surface area contributed by atoms with Gasteiger partial charge in [0.05, 0.1) is 11.9 Å². The number of benzene rings is 2. The molecule has 10 heteroatoms. The lowest BCUT2D eigenvalue weighted by Crippen LogP contribution is -2.26. The van der Waals surface area contributed by atoms with Crippen LogP contribution in [0.1, 0.15) is 21.5 Å². The Morgan fingerprint density at radius 2 is 1.94 bits per heavy atom. The van der Waals surface area contributed by atoms with Crippen LogP contribution in [0.3, 0.4) is 0 Å². The smallest absolute Gasteiger partial charge is 0.251 e. The number of anilines is 2. The minimum Gasteiger partial charge on any atom is -0.351 e. The zero-order valence-corrected chi connectivity index (χ0v) is 20.7. The first-order valence-corrected chi connectivity index (χ1v) is 12.7.